The second kappa shape index (κ2) is 6.37. The van der Waals surface area contributed by atoms with Gasteiger partial charge >= 0.3 is 12.1 Å². The number of esters is 1. The molecule has 0 bridgehead atoms. The summed E-state index contributed by atoms with van der Waals surface area (Å²) >= 11 is 0. The van der Waals surface area contributed by atoms with Crippen LogP contribution in [0.4, 0.5) is 10.6 Å². The first-order chi connectivity index (χ1) is 9.93. The van der Waals surface area contributed by atoms with E-state index in [1.54, 1.807) is 27.7 Å². The normalized spacial score (nSPS) is 12.0. The fourth-order valence-electron chi connectivity index (χ4n) is 1.60. The Balaban J connectivity index is 3.16. The van der Waals surface area contributed by atoms with Gasteiger partial charge in [0.2, 0.25) is 0 Å². The Morgan fingerprint density at radius 2 is 1.82 bits per heavy atom. The van der Waals surface area contributed by atoms with E-state index in [2.05, 4.69) is 10.4 Å². The quantitative estimate of drug-likeness (QED) is 0.864. The summed E-state index contributed by atoms with van der Waals surface area (Å²) in [5.41, 5.74) is -0.919. The molecule has 0 aliphatic heterocycles. The van der Waals surface area contributed by atoms with Crippen LogP contribution in [-0.2, 0) is 9.47 Å². The standard InChI is InChI=1S/C15H25N3O4/c1-8-21-12(19)10-9-11(16-14(2,3)4)18(17-10)13(20)22-15(5,6)7/h9,16H,8H2,1-7H3. The van der Waals surface area contributed by atoms with Crippen molar-refractivity contribution < 1.29 is 19.1 Å². The van der Waals surface area contributed by atoms with Gasteiger partial charge in [0.05, 0.1) is 6.61 Å². The van der Waals surface area contributed by atoms with Crippen molar-refractivity contribution in [2.75, 3.05) is 11.9 Å². The maximum Gasteiger partial charge on any atom is 0.437 e. The number of nitrogens with one attached hydrogen (secondary N) is 1. The van der Waals surface area contributed by atoms with E-state index in [-0.39, 0.29) is 17.8 Å². The number of nitrogens with zero attached hydrogens (tertiary/aromatic N) is 2. The van der Waals surface area contributed by atoms with E-state index in [0.29, 0.717) is 5.82 Å². The highest BCUT2D eigenvalue weighted by Crippen LogP contribution is 2.19. The average molecular weight is 311 g/mol. The van der Waals surface area contributed by atoms with E-state index in [1.165, 1.54) is 6.07 Å². The van der Waals surface area contributed by atoms with E-state index in [1.807, 2.05) is 20.8 Å². The van der Waals surface area contributed by atoms with Crippen molar-refractivity contribution in [2.24, 2.45) is 0 Å². The molecule has 1 rings (SSSR count). The molecule has 0 aliphatic rings. The smallest absolute Gasteiger partial charge is 0.437 e. The van der Waals surface area contributed by atoms with Crippen molar-refractivity contribution in [1.82, 2.24) is 9.78 Å². The molecule has 0 aromatic carbocycles. The highest BCUT2D eigenvalue weighted by atomic mass is 16.6. The number of carbonyl (C=O) groups is 2. The Kier molecular flexibility index (Phi) is 5.22. The molecule has 0 radical (unpaired) electrons. The van der Waals surface area contributed by atoms with Crippen LogP contribution >= 0.6 is 0 Å². The molecule has 0 amide bonds. The van der Waals surface area contributed by atoms with Crippen LogP contribution in [0.3, 0.4) is 0 Å². The molecule has 0 saturated carbocycles. The summed E-state index contributed by atoms with van der Waals surface area (Å²) in [5, 5.41) is 7.13. The highest BCUT2D eigenvalue weighted by molar-refractivity contribution is 5.89. The Labute approximate surface area is 131 Å². The lowest BCUT2D eigenvalue weighted by molar-refractivity contribution is 0.0502. The van der Waals surface area contributed by atoms with Gasteiger partial charge in [-0.2, -0.15) is 5.10 Å². The number of rotatable bonds is 3. The van der Waals surface area contributed by atoms with Crippen LogP contribution in [-0.4, -0.2) is 39.6 Å². The SMILES string of the molecule is CCOC(=O)c1cc(NC(C)(C)C)n(C(=O)OC(C)(C)C)n1. The summed E-state index contributed by atoms with van der Waals surface area (Å²) in [7, 11) is 0. The fourth-order valence-corrected chi connectivity index (χ4v) is 1.60. The predicted molar refractivity (Wildman–Crippen MR) is 83.2 cm³/mol. The molecule has 22 heavy (non-hydrogen) atoms. The van der Waals surface area contributed by atoms with Crippen LogP contribution in [0.2, 0.25) is 0 Å². The molecule has 0 spiro atoms. The topological polar surface area (TPSA) is 82.5 Å². The largest absolute Gasteiger partial charge is 0.461 e. The number of anilines is 1. The van der Waals surface area contributed by atoms with Gasteiger partial charge in [-0.3, -0.25) is 0 Å². The lowest BCUT2D eigenvalue weighted by Gasteiger charge is -2.23. The minimum atomic E-state index is -0.661. The molecule has 0 saturated heterocycles. The summed E-state index contributed by atoms with van der Waals surface area (Å²) in [6.45, 7) is 13.0. The first-order valence-corrected chi connectivity index (χ1v) is 7.21. The monoisotopic (exact) mass is 311 g/mol. The lowest BCUT2D eigenvalue weighted by atomic mass is 10.1. The van der Waals surface area contributed by atoms with E-state index < -0.39 is 17.7 Å². The van der Waals surface area contributed by atoms with Gasteiger partial charge in [-0.1, -0.05) is 0 Å². The van der Waals surface area contributed by atoms with Crippen LogP contribution in [0.25, 0.3) is 0 Å². The molecule has 7 heteroatoms. The maximum atomic E-state index is 12.2. The molecule has 1 aromatic heterocycles. The van der Waals surface area contributed by atoms with Gasteiger partial charge in [-0.05, 0) is 48.5 Å². The molecule has 7 nitrogen and oxygen atoms in total. The van der Waals surface area contributed by atoms with Gasteiger partial charge < -0.3 is 14.8 Å². The summed E-state index contributed by atoms with van der Waals surface area (Å²) in [6, 6.07) is 1.48. The van der Waals surface area contributed by atoms with Crippen LogP contribution in [0, 0.1) is 0 Å². The average Bonchev–Trinajstić information content (AvgIpc) is 2.68. The molecular weight excluding hydrogens is 286 g/mol. The molecule has 1 aromatic rings. The number of ether oxygens (including phenoxy) is 2. The molecule has 1 heterocycles. The van der Waals surface area contributed by atoms with Crippen molar-refractivity contribution in [3.63, 3.8) is 0 Å². The van der Waals surface area contributed by atoms with Gasteiger partial charge in [0, 0.05) is 11.6 Å². The van der Waals surface area contributed by atoms with E-state index in [0.717, 1.165) is 4.68 Å². The molecule has 1 N–H and O–H groups in total. The van der Waals surface area contributed by atoms with Crippen molar-refractivity contribution in [2.45, 2.75) is 59.6 Å². The predicted octanol–water partition coefficient (Wildman–Crippen LogP) is 3.05. The molecule has 0 atom stereocenters. The van der Waals surface area contributed by atoms with Crippen LogP contribution in [0.15, 0.2) is 6.07 Å². The summed E-state index contributed by atoms with van der Waals surface area (Å²) < 4.78 is 11.3. The van der Waals surface area contributed by atoms with Crippen LogP contribution in [0.5, 0.6) is 0 Å². The number of aromatic nitrogens is 2. The van der Waals surface area contributed by atoms with Crippen molar-refractivity contribution in [1.29, 1.82) is 0 Å². The second-order valence-corrected chi connectivity index (χ2v) is 6.90. The molecule has 0 aliphatic carbocycles. The van der Waals surface area contributed by atoms with Crippen molar-refractivity contribution in [3.8, 4) is 0 Å². The Bertz CT molecular complexity index is 550. The molecular formula is C15H25N3O4. The summed E-state index contributed by atoms with van der Waals surface area (Å²) in [4.78, 5) is 24.1. The minimum absolute atomic E-state index is 0.0551. The Hall–Kier alpha value is -2.05. The Morgan fingerprint density at radius 3 is 2.27 bits per heavy atom. The minimum Gasteiger partial charge on any atom is -0.461 e. The van der Waals surface area contributed by atoms with E-state index in [9.17, 15) is 9.59 Å². The third-order valence-electron chi connectivity index (χ3n) is 2.26. The van der Waals surface area contributed by atoms with E-state index in [4.69, 9.17) is 9.47 Å². The van der Waals surface area contributed by atoms with E-state index >= 15 is 0 Å². The van der Waals surface area contributed by atoms with Crippen molar-refractivity contribution in [3.05, 3.63) is 11.8 Å². The van der Waals surface area contributed by atoms with Gasteiger partial charge in [0.1, 0.15) is 11.4 Å². The number of carbonyl (C=O) groups excluding carboxylic acids is 2. The Morgan fingerprint density at radius 1 is 1.23 bits per heavy atom. The van der Waals surface area contributed by atoms with Gasteiger partial charge in [-0.25, -0.2) is 9.59 Å². The summed E-state index contributed by atoms with van der Waals surface area (Å²) in [6.07, 6.45) is -0.658. The highest BCUT2D eigenvalue weighted by Gasteiger charge is 2.25. The lowest BCUT2D eigenvalue weighted by Crippen LogP contribution is -2.32. The van der Waals surface area contributed by atoms with Gasteiger partial charge in [0.25, 0.3) is 0 Å². The first-order valence-electron chi connectivity index (χ1n) is 7.21. The second-order valence-electron chi connectivity index (χ2n) is 6.90. The van der Waals surface area contributed by atoms with Crippen LogP contribution < -0.4 is 5.32 Å². The van der Waals surface area contributed by atoms with Gasteiger partial charge in [-0.15, -0.1) is 4.68 Å². The molecule has 0 unspecified atom stereocenters. The summed E-state index contributed by atoms with van der Waals surface area (Å²) in [5.74, 6) is -0.202. The number of hydrogen-bond donors (Lipinski definition) is 1. The zero-order chi connectivity index (χ0) is 17.1. The van der Waals surface area contributed by atoms with Gasteiger partial charge in [0.15, 0.2) is 5.69 Å². The first kappa shape index (κ1) is 18.0. The zero-order valence-electron chi connectivity index (χ0n) is 14.3. The maximum absolute atomic E-state index is 12.2. The third kappa shape index (κ3) is 5.38. The van der Waals surface area contributed by atoms with Crippen LogP contribution in [0.1, 0.15) is 59.0 Å². The third-order valence-corrected chi connectivity index (χ3v) is 2.26. The molecule has 124 valence electrons. The van der Waals surface area contributed by atoms with Crippen molar-refractivity contribution >= 4 is 17.9 Å². The zero-order valence-corrected chi connectivity index (χ0v) is 14.3. The number of hydrogen-bond acceptors (Lipinski definition) is 6. The fraction of sp³-hybridized carbons (Fsp3) is 0.667. The molecule has 0 fully saturated rings.